The van der Waals surface area contributed by atoms with Gasteiger partial charge in [0.25, 0.3) is 5.91 Å². The fourth-order valence-corrected chi connectivity index (χ4v) is 1.65. The molecule has 2 aromatic carbocycles. The third kappa shape index (κ3) is 2.74. The molecule has 3 heteroatoms. The summed E-state index contributed by atoms with van der Waals surface area (Å²) in [5.74, 6) is -0.737. The van der Waals surface area contributed by atoms with Crippen molar-refractivity contribution in [1.29, 1.82) is 0 Å². The summed E-state index contributed by atoms with van der Waals surface area (Å²) in [5.41, 5.74) is 1.88. The number of carbonyl (C=O) groups is 1. The summed E-state index contributed by atoms with van der Waals surface area (Å²) < 4.78 is 13.4. The molecule has 0 saturated carbocycles. The van der Waals surface area contributed by atoms with Gasteiger partial charge in [0.05, 0.1) is 5.69 Å². The van der Waals surface area contributed by atoms with Crippen LogP contribution in [0.15, 0.2) is 48.5 Å². The fraction of sp³-hybridized carbons (Fsp3) is 0.133. The van der Waals surface area contributed by atoms with Gasteiger partial charge in [0, 0.05) is 5.56 Å². The summed E-state index contributed by atoms with van der Waals surface area (Å²) in [6.45, 7) is 2.05. The lowest BCUT2D eigenvalue weighted by molar-refractivity contribution is 0.102. The highest BCUT2D eigenvalue weighted by molar-refractivity contribution is 6.04. The molecule has 0 unspecified atom stereocenters. The van der Waals surface area contributed by atoms with Crippen LogP contribution in [0.1, 0.15) is 22.8 Å². The second-order valence-electron chi connectivity index (χ2n) is 3.98. The Hall–Kier alpha value is -2.16. The van der Waals surface area contributed by atoms with Crippen LogP contribution in [0.25, 0.3) is 0 Å². The van der Waals surface area contributed by atoms with E-state index in [-0.39, 0.29) is 11.6 Å². The zero-order chi connectivity index (χ0) is 13.0. The number of nitrogens with one attached hydrogen (secondary N) is 1. The minimum atomic E-state index is -0.434. The Kier molecular flexibility index (Phi) is 3.72. The molecule has 2 aromatic rings. The Morgan fingerprint density at radius 2 is 1.78 bits per heavy atom. The van der Waals surface area contributed by atoms with E-state index in [1.54, 1.807) is 24.3 Å². The first-order valence-corrected chi connectivity index (χ1v) is 5.85. The van der Waals surface area contributed by atoms with Gasteiger partial charge in [-0.1, -0.05) is 31.2 Å². The van der Waals surface area contributed by atoms with Gasteiger partial charge in [-0.05, 0) is 36.2 Å². The summed E-state index contributed by atoms with van der Waals surface area (Å²) in [5, 5.41) is 2.55. The van der Waals surface area contributed by atoms with Gasteiger partial charge in [-0.15, -0.1) is 0 Å². The first-order chi connectivity index (χ1) is 8.70. The van der Waals surface area contributed by atoms with Crippen molar-refractivity contribution >= 4 is 11.6 Å². The van der Waals surface area contributed by atoms with Gasteiger partial charge in [-0.2, -0.15) is 0 Å². The van der Waals surface area contributed by atoms with Gasteiger partial charge in [0.2, 0.25) is 0 Å². The Labute approximate surface area is 105 Å². The highest BCUT2D eigenvalue weighted by atomic mass is 19.1. The van der Waals surface area contributed by atoms with E-state index >= 15 is 0 Å². The molecule has 0 heterocycles. The quantitative estimate of drug-likeness (QED) is 0.876. The molecule has 1 amide bonds. The molecule has 0 aliphatic carbocycles. The first kappa shape index (κ1) is 12.3. The van der Waals surface area contributed by atoms with Crippen LogP contribution in [-0.4, -0.2) is 5.91 Å². The van der Waals surface area contributed by atoms with Crippen LogP contribution in [0.4, 0.5) is 10.1 Å². The molecule has 1 N–H and O–H groups in total. The van der Waals surface area contributed by atoms with Crippen LogP contribution in [0.3, 0.4) is 0 Å². The van der Waals surface area contributed by atoms with E-state index in [0.717, 1.165) is 12.0 Å². The summed E-state index contributed by atoms with van der Waals surface area (Å²) >= 11 is 0. The number of anilines is 1. The number of halogens is 1. The van der Waals surface area contributed by atoms with Crippen molar-refractivity contribution < 1.29 is 9.18 Å². The van der Waals surface area contributed by atoms with Gasteiger partial charge in [0.15, 0.2) is 0 Å². The summed E-state index contributed by atoms with van der Waals surface area (Å²) in [6, 6.07) is 13.4. The topological polar surface area (TPSA) is 29.1 Å². The Morgan fingerprint density at radius 1 is 1.11 bits per heavy atom. The molecule has 2 rings (SSSR count). The maximum Gasteiger partial charge on any atom is 0.255 e. The predicted molar refractivity (Wildman–Crippen MR) is 70.2 cm³/mol. The lowest BCUT2D eigenvalue weighted by Crippen LogP contribution is -2.12. The normalized spacial score (nSPS) is 10.1. The standard InChI is InChI=1S/C15H14FNO/c1-2-11-7-9-12(10-8-11)15(18)17-14-6-4-3-5-13(14)16/h3-10H,2H2,1H3,(H,17,18). The van der Waals surface area contributed by atoms with Gasteiger partial charge in [-0.25, -0.2) is 4.39 Å². The average molecular weight is 243 g/mol. The predicted octanol–water partition coefficient (Wildman–Crippen LogP) is 3.64. The van der Waals surface area contributed by atoms with Crippen LogP contribution in [0.5, 0.6) is 0 Å². The van der Waals surface area contributed by atoms with Crippen molar-refractivity contribution in [1.82, 2.24) is 0 Å². The van der Waals surface area contributed by atoms with Crippen molar-refractivity contribution in [3.8, 4) is 0 Å². The number of carbonyl (C=O) groups excluding carboxylic acids is 1. The molecule has 0 aliphatic heterocycles. The molecular formula is C15H14FNO. The lowest BCUT2D eigenvalue weighted by atomic mass is 10.1. The van der Waals surface area contributed by atoms with Crippen LogP contribution in [0.2, 0.25) is 0 Å². The molecule has 0 fully saturated rings. The lowest BCUT2D eigenvalue weighted by Gasteiger charge is -2.06. The van der Waals surface area contributed by atoms with Gasteiger partial charge in [0.1, 0.15) is 5.82 Å². The van der Waals surface area contributed by atoms with Crippen LogP contribution < -0.4 is 5.32 Å². The molecule has 0 radical (unpaired) electrons. The van der Waals surface area contributed by atoms with E-state index in [4.69, 9.17) is 0 Å². The highest BCUT2D eigenvalue weighted by Gasteiger charge is 2.08. The van der Waals surface area contributed by atoms with Crippen molar-refractivity contribution in [3.05, 3.63) is 65.5 Å². The molecule has 18 heavy (non-hydrogen) atoms. The van der Waals surface area contributed by atoms with E-state index in [1.807, 2.05) is 12.1 Å². The maximum absolute atomic E-state index is 13.4. The molecule has 0 bridgehead atoms. The Bertz CT molecular complexity index is 549. The zero-order valence-corrected chi connectivity index (χ0v) is 10.1. The second-order valence-corrected chi connectivity index (χ2v) is 3.98. The number of hydrogen-bond donors (Lipinski definition) is 1. The molecule has 2 nitrogen and oxygen atoms in total. The SMILES string of the molecule is CCc1ccc(C(=O)Nc2ccccc2F)cc1. The number of benzene rings is 2. The smallest absolute Gasteiger partial charge is 0.255 e. The summed E-state index contributed by atoms with van der Waals surface area (Å²) in [7, 11) is 0. The molecule has 0 atom stereocenters. The van der Waals surface area contributed by atoms with Crippen molar-refractivity contribution in [2.75, 3.05) is 5.32 Å². The molecular weight excluding hydrogens is 229 g/mol. The second kappa shape index (κ2) is 5.45. The molecule has 0 aromatic heterocycles. The van der Waals surface area contributed by atoms with Crippen molar-refractivity contribution in [3.63, 3.8) is 0 Å². The number of para-hydroxylation sites is 1. The monoisotopic (exact) mass is 243 g/mol. The summed E-state index contributed by atoms with van der Waals surface area (Å²) in [6.07, 6.45) is 0.926. The van der Waals surface area contributed by atoms with Gasteiger partial charge < -0.3 is 5.32 Å². The molecule has 0 saturated heterocycles. The van der Waals surface area contributed by atoms with E-state index in [1.165, 1.54) is 12.1 Å². The zero-order valence-electron chi connectivity index (χ0n) is 10.1. The fourth-order valence-electron chi connectivity index (χ4n) is 1.65. The van der Waals surface area contributed by atoms with Crippen molar-refractivity contribution in [2.45, 2.75) is 13.3 Å². The molecule has 0 aliphatic rings. The van der Waals surface area contributed by atoms with Gasteiger partial charge >= 0.3 is 0 Å². The van der Waals surface area contributed by atoms with E-state index in [0.29, 0.717) is 5.56 Å². The Balaban J connectivity index is 2.14. The minimum Gasteiger partial charge on any atom is -0.319 e. The largest absolute Gasteiger partial charge is 0.319 e. The van der Waals surface area contributed by atoms with E-state index in [2.05, 4.69) is 12.2 Å². The number of aryl methyl sites for hydroxylation is 1. The maximum atomic E-state index is 13.4. The average Bonchev–Trinajstić information content (AvgIpc) is 2.41. The van der Waals surface area contributed by atoms with Crippen LogP contribution >= 0.6 is 0 Å². The minimum absolute atomic E-state index is 0.196. The number of hydrogen-bond acceptors (Lipinski definition) is 1. The van der Waals surface area contributed by atoms with Crippen molar-refractivity contribution in [2.24, 2.45) is 0 Å². The molecule has 0 spiro atoms. The molecule has 92 valence electrons. The van der Waals surface area contributed by atoms with Crippen LogP contribution in [-0.2, 0) is 6.42 Å². The van der Waals surface area contributed by atoms with E-state index in [9.17, 15) is 9.18 Å². The first-order valence-electron chi connectivity index (χ1n) is 5.85. The number of amides is 1. The third-order valence-electron chi connectivity index (χ3n) is 2.75. The summed E-state index contributed by atoms with van der Waals surface area (Å²) in [4.78, 5) is 11.9. The van der Waals surface area contributed by atoms with E-state index < -0.39 is 5.82 Å². The van der Waals surface area contributed by atoms with Gasteiger partial charge in [-0.3, -0.25) is 4.79 Å². The van der Waals surface area contributed by atoms with Crippen LogP contribution in [0, 0.1) is 5.82 Å². The number of rotatable bonds is 3. The third-order valence-corrected chi connectivity index (χ3v) is 2.75. The highest BCUT2D eigenvalue weighted by Crippen LogP contribution is 2.14. The Morgan fingerprint density at radius 3 is 2.39 bits per heavy atom.